The molecule has 0 aliphatic heterocycles. The SMILES string of the molecule is CN(Cc1ccccc1)C(=O)c1cc(Nc2ccccc2C#N)ncn1. The Morgan fingerprint density at radius 1 is 1.12 bits per heavy atom. The number of nitrogens with zero attached hydrogens (tertiary/aromatic N) is 4. The average Bonchev–Trinajstić information content (AvgIpc) is 2.69. The number of benzene rings is 2. The number of hydrogen-bond donors (Lipinski definition) is 1. The highest BCUT2D eigenvalue weighted by molar-refractivity contribution is 5.92. The van der Waals surface area contributed by atoms with Crippen molar-refractivity contribution in [1.82, 2.24) is 14.9 Å². The second-order valence-corrected chi connectivity index (χ2v) is 5.72. The zero-order valence-electron chi connectivity index (χ0n) is 14.3. The van der Waals surface area contributed by atoms with Crippen molar-refractivity contribution in [2.75, 3.05) is 12.4 Å². The van der Waals surface area contributed by atoms with E-state index in [1.165, 1.54) is 6.33 Å². The van der Waals surface area contributed by atoms with E-state index < -0.39 is 0 Å². The summed E-state index contributed by atoms with van der Waals surface area (Å²) in [6.45, 7) is 0.490. The second kappa shape index (κ2) is 7.90. The fourth-order valence-electron chi connectivity index (χ4n) is 2.49. The molecular weight excluding hydrogens is 326 g/mol. The molecule has 0 spiro atoms. The molecule has 0 unspecified atom stereocenters. The van der Waals surface area contributed by atoms with Gasteiger partial charge in [-0.3, -0.25) is 4.79 Å². The monoisotopic (exact) mass is 343 g/mol. The highest BCUT2D eigenvalue weighted by atomic mass is 16.2. The summed E-state index contributed by atoms with van der Waals surface area (Å²) in [4.78, 5) is 22.4. The summed E-state index contributed by atoms with van der Waals surface area (Å²) >= 11 is 0. The molecule has 1 N–H and O–H groups in total. The van der Waals surface area contributed by atoms with E-state index >= 15 is 0 Å². The summed E-state index contributed by atoms with van der Waals surface area (Å²) in [7, 11) is 1.73. The largest absolute Gasteiger partial charge is 0.339 e. The maximum absolute atomic E-state index is 12.6. The molecule has 1 amide bonds. The van der Waals surface area contributed by atoms with E-state index in [4.69, 9.17) is 5.26 Å². The molecule has 3 rings (SSSR count). The van der Waals surface area contributed by atoms with Gasteiger partial charge in [-0.2, -0.15) is 5.26 Å². The van der Waals surface area contributed by atoms with E-state index in [0.717, 1.165) is 5.56 Å². The van der Waals surface area contributed by atoms with Gasteiger partial charge in [-0.15, -0.1) is 0 Å². The number of rotatable bonds is 5. The first-order valence-corrected chi connectivity index (χ1v) is 8.05. The molecule has 2 aromatic carbocycles. The second-order valence-electron chi connectivity index (χ2n) is 5.72. The molecule has 0 aliphatic rings. The van der Waals surface area contributed by atoms with Gasteiger partial charge in [-0.25, -0.2) is 9.97 Å². The molecule has 3 aromatic rings. The van der Waals surface area contributed by atoms with Gasteiger partial charge in [0.25, 0.3) is 5.91 Å². The number of anilines is 2. The summed E-state index contributed by atoms with van der Waals surface area (Å²) in [6.07, 6.45) is 1.33. The fraction of sp³-hybridized carbons (Fsp3) is 0.100. The van der Waals surface area contributed by atoms with Crippen molar-refractivity contribution in [1.29, 1.82) is 5.26 Å². The number of para-hydroxylation sites is 1. The van der Waals surface area contributed by atoms with Crippen LogP contribution >= 0.6 is 0 Å². The summed E-state index contributed by atoms with van der Waals surface area (Å²) in [6, 6.07) is 20.6. The topological polar surface area (TPSA) is 81.9 Å². The standard InChI is InChI=1S/C20H17N5O/c1-25(13-15-7-3-2-4-8-15)20(26)18-11-19(23-14-22-18)24-17-10-6-5-9-16(17)12-21/h2-11,14H,13H2,1H3,(H,22,23,24). The number of nitriles is 1. The third-order valence-electron chi connectivity index (χ3n) is 3.81. The van der Waals surface area contributed by atoms with E-state index in [2.05, 4.69) is 21.4 Å². The molecule has 6 heteroatoms. The van der Waals surface area contributed by atoms with Gasteiger partial charge in [-0.1, -0.05) is 42.5 Å². The van der Waals surface area contributed by atoms with Crippen molar-refractivity contribution in [2.24, 2.45) is 0 Å². The predicted octanol–water partition coefficient (Wildman–Crippen LogP) is 3.36. The zero-order valence-corrected chi connectivity index (χ0v) is 14.3. The molecule has 1 heterocycles. The Morgan fingerprint density at radius 3 is 2.62 bits per heavy atom. The van der Waals surface area contributed by atoms with Crippen LogP contribution in [0, 0.1) is 11.3 Å². The van der Waals surface area contributed by atoms with Crippen molar-refractivity contribution >= 4 is 17.4 Å². The van der Waals surface area contributed by atoms with Gasteiger partial charge in [-0.05, 0) is 17.7 Å². The number of carbonyl (C=O) groups excluding carboxylic acids is 1. The van der Waals surface area contributed by atoms with E-state index in [9.17, 15) is 4.79 Å². The van der Waals surface area contributed by atoms with Crippen molar-refractivity contribution in [3.05, 3.63) is 83.8 Å². The van der Waals surface area contributed by atoms with Crippen LogP contribution in [0.2, 0.25) is 0 Å². The number of nitrogens with one attached hydrogen (secondary N) is 1. The summed E-state index contributed by atoms with van der Waals surface area (Å²) in [5.41, 5.74) is 2.46. The molecule has 0 radical (unpaired) electrons. The Labute approximate surface area is 151 Å². The highest BCUT2D eigenvalue weighted by Gasteiger charge is 2.15. The Hall–Kier alpha value is -3.72. The summed E-state index contributed by atoms with van der Waals surface area (Å²) in [5.74, 6) is 0.257. The van der Waals surface area contributed by atoms with Crippen LogP contribution in [0.3, 0.4) is 0 Å². The molecular formula is C20H17N5O. The molecule has 0 saturated carbocycles. The maximum Gasteiger partial charge on any atom is 0.272 e. The van der Waals surface area contributed by atoms with Crippen LogP contribution in [0.1, 0.15) is 21.6 Å². The average molecular weight is 343 g/mol. The third kappa shape index (κ3) is 4.02. The van der Waals surface area contributed by atoms with Crippen molar-refractivity contribution in [2.45, 2.75) is 6.54 Å². The van der Waals surface area contributed by atoms with Gasteiger partial charge < -0.3 is 10.2 Å². The van der Waals surface area contributed by atoms with E-state index in [1.54, 1.807) is 36.2 Å². The van der Waals surface area contributed by atoms with Gasteiger partial charge in [0.05, 0.1) is 11.3 Å². The lowest BCUT2D eigenvalue weighted by atomic mass is 10.2. The van der Waals surface area contributed by atoms with Gasteiger partial charge in [0, 0.05) is 19.7 Å². The lowest BCUT2D eigenvalue weighted by Crippen LogP contribution is -2.27. The number of aromatic nitrogens is 2. The van der Waals surface area contributed by atoms with Crippen molar-refractivity contribution in [3.8, 4) is 6.07 Å². The predicted molar refractivity (Wildman–Crippen MR) is 98.7 cm³/mol. The fourth-order valence-corrected chi connectivity index (χ4v) is 2.49. The highest BCUT2D eigenvalue weighted by Crippen LogP contribution is 2.19. The van der Waals surface area contributed by atoms with Crippen LogP contribution in [0.15, 0.2) is 67.0 Å². The molecule has 6 nitrogen and oxygen atoms in total. The minimum absolute atomic E-state index is 0.201. The Bertz CT molecular complexity index is 950. The van der Waals surface area contributed by atoms with E-state index in [0.29, 0.717) is 23.6 Å². The lowest BCUT2D eigenvalue weighted by molar-refractivity contribution is 0.0779. The van der Waals surface area contributed by atoms with E-state index in [1.807, 2.05) is 36.4 Å². The smallest absolute Gasteiger partial charge is 0.272 e. The van der Waals surface area contributed by atoms with Gasteiger partial charge in [0.2, 0.25) is 0 Å². The number of amides is 1. The van der Waals surface area contributed by atoms with Gasteiger partial charge in [0.15, 0.2) is 0 Å². The molecule has 128 valence electrons. The minimum Gasteiger partial charge on any atom is -0.339 e. The Morgan fingerprint density at radius 2 is 1.85 bits per heavy atom. The van der Waals surface area contributed by atoms with Crippen LogP contribution in [-0.2, 0) is 6.54 Å². The van der Waals surface area contributed by atoms with Crippen LogP contribution < -0.4 is 5.32 Å². The van der Waals surface area contributed by atoms with Gasteiger partial charge >= 0.3 is 0 Å². The zero-order chi connectivity index (χ0) is 18.4. The van der Waals surface area contributed by atoms with Crippen LogP contribution in [-0.4, -0.2) is 27.8 Å². The maximum atomic E-state index is 12.6. The lowest BCUT2D eigenvalue weighted by Gasteiger charge is -2.17. The quantitative estimate of drug-likeness (QED) is 0.768. The first-order valence-electron chi connectivity index (χ1n) is 8.05. The first kappa shape index (κ1) is 17.1. The number of hydrogen-bond acceptors (Lipinski definition) is 5. The molecule has 1 aromatic heterocycles. The Balaban J connectivity index is 1.76. The number of carbonyl (C=O) groups is 1. The van der Waals surface area contributed by atoms with E-state index in [-0.39, 0.29) is 11.6 Å². The summed E-state index contributed by atoms with van der Waals surface area (Å²) in [5, 5.41) is 12.2. The minimum atomic E-state index is -0.201. The normalized spacial score (nSPS) is 10.0. The van der Waals surface area contributed by atoms with Crippen LogP contribution in [0.5, 0.6) is 0 Å². The van der Waals surface area contributed by atoms with Crippen molar-refractivity contribution in [3.63, 3.8) is 0 Å². The Kier molecular flexibility index (Phi) is 5.20. The molecule has 0 fully saturated rings. The third-order valence-corrected chi connectivity index (χ3v) is 3.81. The van der Waals surface area contributed by atoms with Crippen LogP contribution in [0.4, 0.5) is 11.5 Å². The molecule has 0 bridgehead atoms. The van der Waals surface area contributed by atoms with Crippen LogP contribution in [0.25, 0.3) is 0 Å². The molecule has 26 heavy (non-hydrogen) atoms. The molecule has 0 saturated heterocycles. The van der Waals surface area contributed by atoms with Gasteiger partial charge in [0.1, 0.15) is 23.9 Å². The molecule has 0 atom stereocenters. The van der Waals surface area contributed by atoms with Crippen molar-refractivity contribution < 1.29 is 4.79 Å². The first-order chi connectivity index (χ1) is 12.7. The summed E-state index contributed by atoms with van der Waals surface area (Å²) < 4.78 is 0. The molecule has 0 aliphatic carbocycles.